The van der Waals surface area contributed by atoms with Crippen molar-refractivity contribution >= 4 is 11.6 Å². The highest BCUT2D eigenvalue weighted by atomic mass is 35.5. The van der Waals surface area contributed by atoms with Gasteiger partial charge in [-0.15, -0.1) is 0 Å². The topological polar surface area (TPSA) is 59.0 Å². The Kier molecular flexibility index (Phi) is 4.65. The maximum Gasteiger partial charge on any atom is 0.138 e. The molecule has 0 N–H and O–H groups in total. The van der Waals surface area contributed by atoms with Crippen molar-refractivity contribution in [3.63, 3.8) is 0 Å². The molecule has 0 aliphatic heterocycles. The molecule has 0 bridgehead atoms. The van der Waals surface area contributed by atoms with Crippen LogP contribution in [0.2, 0.25) is 5.02 Å². The Morgan fingerprint density at radius 1 is 1.35 bits per heavy atom. The molecule has 0 fully saturated rings. The molecule has 20 heavy (non-hydrogen) atoms. The van der Waals surface area contributed by atoms with Crippen molar-refractivity contribution < 1.29 is 9.26 Å². The van der Waals surface area contributed by atoms with Crippen LogP contribution in [0.25, 0.3) is 0 Å². The van der Waals surface area contributed by atoms with Gasteiger partial charge in [0.15, 0.2) is 0 Å². The zero-order valence-corrected chi connectivity index (χ0v) is 12.1. The predicted octanol–water partition coefficient (Wildman–Crippen LogP) is 4.02. The second-order valence-corrected chi connectivity index (χ2v) is 4.95. The highest BCUT2D eigenvalue weighted by molar-refractivity contribution is 6.30. The van der Waals surface area contributed by atoms with Crippen LogP contribution in [0.4, 0.5) is 0 Å². The number of nitrogens with zero attached hydrogens (tertiary/aromatic N) is 2. The van der Waals surface area contributed by atoms with Gasteiger partial charge < -0.3 is 9.26 Å². The van der Waals surface area contributed by atoms with Gasteiger partial charge in [-0.25, -0.2) is 0 Å². The van der Waals surface area contributed by atoms with E-state index < -0.39 is 0 Å². The molecule has 0 aliphatic rings. The minimum Gasteiger partial charge on any atom is -0.494 e. The summed E-state index contributed by atoms with van der Waals surface area (Å²) in [5.41, 5.74) is 1.63. The van der Waals surface area contributed by atoms with E-state index in [-0.39, 0.29) is 5.92 Å². The van der Waals surface area contributed by atoms with E-state index in [2.05, 4.69) is 11.2 Å². The molecule has 0 radical (unpaired) electrons. The van der Waals surface area contributed by atoms with E-state index in [9.17, 15) is 5.26 Å². The molecule has 2 rings (SSSR count). The van der Waals surface area contributed by atoms with Gasteiger partial charge >= 0.3 is 0 Å². The third kappa shape index (κ3) is 3.31. The first kappa shape index (κ1) is 14.4. The van der Waals surface area contributed by atoms with E-state index in [1.807, 2.05) is 13.8 Å². The number of aromatic nitrogens is 1. The van der Waals surface area contributed by atoms with Gasteiger partial charge in [0.2, 0.25) is 0 Å². The molecule has 0 aliphatic carbocycles. The average molecular weight is 291 g/mol. The highest BCUT2D eigenvalue weighted by Crippen LogP contribution is 2.26. The van der Waals surface area contributed by atoms with Gasteiger partial charge in [0.1, 0.15) is 11.5 Å². The van der Waals surface area contributed by atoms with Crippen LogP contribution in [0.5, 0.6) is 5.75 Å². The first-order valence-electron chi connectivity index (χ1n) is 6.32. The zero-order valence-electron chi connectivity index (χ0n) is 11.4. The minimum absolute atomic E-state index is 0.270. The Bertz CT molecular complexity index is 594. The fourth-order valence-corrected chi connectivity index (χ4v) is 2.21. The summed E-state index contributed by atoms with van der Waals surface area (Å²) in [6.45, 7) is 4.11. The third-order valence-corrected chi connectivity index (χ3v) is 3.33. The zero-order chi connectivity index (χ0) is 14.5. The summed E-state index contributed by atoms with van der Waals surface area (Å²) in [5.74, 6) is 1.17. The molecule has 1 unspecified atom stereocenters. The second-order valence-electron chi connectivity index (χ2n) is 4.51. The minimum atomic E-state index is -0.270. The first-order valence-corrected chi connectivity index (χ1v) is 6.70. The Hall–Kier alpha value is -1.99. The lowest BCUT2D eigenvalue weighted by molar-refractivity contribution is 0.305. The lowest BCUT2D eigenvalue weighted by Crippen LogP contribution is -2.06. The Balaban J connectivity index is 1.95. The fourth-order valence-electron chi connectivity index (χ4n) is 2.09. The van der Waals surface area contributed by atoms with Crippen molar-refractivity contribution in [3.05, 3.63) is 46.3 Å². The van der Waals surface area contributed by atoms with Crippen molar-refractivity contribution in [3.8, 4) is 11.8 Å². The largest absolute Gasteiger partial charge is 0.494 e. The molecule has 0 amide bonds. The summed E-state index contributed by atoms with van der Waals surface area (Å²) in [5, 5.41) is 13.8. The van der Waals surface area contributed by atoms with E-state index in [0.717, 1.165) is 17.0 Å². The van der Waals surface area contributed by atoms with Crippen molar-refractivity contribution in [1.29, 1.82) is 5.26 Å². The van der Waals surface area contributed by atoms with Crippen LogP contribution in [0.3, 0.4) is 0 Å². The molecular weight excluding hydrogens is 276 g/mol. The van der Waals surface area contributed by atoms with Crippen LogP contribution < -0.4 is 4.74 Å². The number of hydrogen-bond acceptors (Lipinski definition) is 4. The SMILES string of the molecule is Cc1noc(C)c1C(C#N)CCOc1ccc(Cl)cc1. The van der Waals surface area contributed by atoms with Gasteiger partial charge in [-0.2, -0.15) is 5.26 Å². The number of ether oxygens (including phenoxy) is 1. The molecule has 1 heterocycles. The normalized spacial score (nSPS) is 11.9. The standard InChI is InChI=1S/C15H15ClN2O2/c1-10-15(11(2)20-18-10)12(9-17)7-8-19-14-5-3-13(16)4-6-14/h3-6,12H,7-8H2,1-2H3. The number of nitriles is 1. The van der Waals surface area contributed by atoms with Gasteiger partial charge in [-0.05, 0) is 38.1 Å². The van der Waals surface area contributed by atoms with Gasteiger partial charge in [0.05, 0.1) is 24.3 Å². The highest BCUT2D eigenvalue weighted by Gasteiger charge is 2.20. The van der Waals surface area contributed by atoms with Crippen LogP contribution in [0, 0.1) is 25.2 Å². The van der Waals surface area contributed by atoms with Crippen LogP contribution in [0.15, 0.2) is 28.8 Å². The third-order valence-electron chi connectivity index (χ3n) is 3.08. The Morgan fingerprint density at radius 3 is 2.60 bits per heavy atom. The van der Waals surface area contributed by atoms with Gasteiger partial charge in [0, 0.05) is 17.0 Å². The maximum atomic E-state index is 9.29. The predicted molar refractivity (Wildman–Crippen MR) is 75.9 cm³/mol. The van der Waals surface area contributed by atoms with Crippen LogP contribution in [-0.2, 0) is 0 Å². The maximum absolute atomic E-state index is 9.29. The summed E-state index contributed by atoms with van der Waals surface area (Å²) in [4.78, 5) is 0. The smallest absolute Gasteiger partial charge is 0.138 e. The van der Waals surface area contributed by atoms with Crippen molar-refractivity contribution in [2.45, 2.75) is 26.2 Å². The molecule has 2 aromatic rings. The Morgan fingerprint density at radius 2 is 2.05 bits per heavy atom. The van der Waals surface area contributed by atoms with E-state index in [0.29, 0.717) is 23.8 Å². The number of rotatable bonds is 5. The average Bonchev–Trinajstić information content (AvgIpc) is 2.77. The van der Waals surface area contributed by atoms with E-state index in [1.165, 1.54) is 0 Å². The molecule has 1 atom stereocenters. The quantitative estimate of drug-likeness (QED) is 0.834. The monoisotopic (exact) mass is 290 g/mol. The van der Waals surface area contributed by atoms with Crippen LogP contribution in [0.1, 0.15) is 29.4 Å². The summed E-state index contributed by atoms with van der Waals surface area (Å²) in [6.07, 6.45) is 0.585. The van der Waals surface area contributed by atoms with Gasteiger partial charge in [0.25, 0.3) is 0 Å². The molecule has 0 saturated heterocycles. The number of hydrogen-bond donors (Lipinski definition) is 0. The summed E-state index contributed by atoms with van der Waals surface area (Å²) < 4.78 is 10.7. The van der Waals surface area contributed by atoms with Crippen molar-refractivity contribution in [1.82, 2.24) is 5.16 Å². The van der Waals surface area contributed by atoms with Crippen LogP contribution >= 0.6 is 11.6 Å². The number of halogens is 1. The number of benzene rings is 1. The molecule has 1 aromatic heterocycles. The van der Waals surface area contributed by atoms with E-state index in [1.54, 1.807) is 24.3 Å². The fraction of sp³-hybridized carbons (Fsp3) is 0.333. The lowest BCUT2D eigenvalue weighted by Gasteiger charge is -2.10. The van der Waals surface area contributed by atoms with Crippen LogP contribution in [-0.4, -0.2) is 11.8 Å². The second kappa shape index (κ2) is 6.44. The van der Waals surface area contributed by atoms with E-state index in [4.69, 9.17) is 20.9 Å². The molecule has 1 aromatic carbocycles. The Labute approximate surface area is 122 Å². The van der Waals surface area contributed by atoms with Crippen molar-refractivity contribution in [2.75, 3.05) is 6.61 Å². The molecule has 4 nitrogen and oxygen atoms in total. The summed E-state index contributed by atoms with van der Waals surface area (Å²) in [6, 6.07) is 9.43. The number of aryl methyl sites for hydroxylation is 2. The first-order chi connectivity index (χ1) is 9.61. The molecule has 5 heteroatoms. The molecule has 0 spiro atoms. The molecule has 104 valence electrons. The lowest BCUT2D eigenvalue weighted by atomic mass is 9.96. The van der Waals surface area contributed by atoms with Crippen molar-refractivity contribution in [2.24, 2.45) is 0 Å². The summed E-state index contributed by atoms with van der Waals surface area (Å²) >= 11 is 5.81. The van der Waals surface area contributed by atoms with Gasteiger partial charge in [-0.3, -0.25) is 0 Å². The van der Waals surface area contributed by atoms with Gasteiger partial charge in [-0.1, -0.05) is 16.8 Å². The summed E-state index contributed by atoms with van der Waals surface area (Å²) in [7, 11) is 0. The van der Waals surface area contributed by atoms with E-state index >= 15 is 0 Å². The molecule has 0 saturated carbocycles. The molecular formula is C15H15ClN2O2.